The number of hydrogen-bond acceptors (Lipinski definition) is 7. The Morgan fingerprint density at radius 3 is 0.903 bits per heavy atom. The van der Waals surface area contributed by atoms with Crippen LogP contribution in [0.4, 0.5) is 0 Å². The van der Waals surface area contributed by atoms with Gasteiger partial charge in [-0.15, -0.1) is 0 Å². The third-order valence-electron chi connectivity index (χ3n) is 15.6. The largest absolute Gasteiger partial charge is 0.744 e. The van der Waals surface area contributed by atoms with Crippen LogP contribution >= 0.6 is 0 Å². The standard InChI is InChI=1S/C49H102N.C14H8O7S/c1-5-8-11-14-17-20-23-26-29-32-35-38-41-44-47-50(4,48-45-42-39-36-33-30-27-24-21-18-15-12-9-6-2)49-46-43-40-37-34-31-28-25-22-19-16-13-10-7-3;15-11-6-3-1-2-4-7(6)12(16)10-8(11)5-9(22(19,20)21)13(17)14(10)18/h5-49H2,1-4H3;1-5,17-18H,(H,19,20,21)/q+1;/p-1. The highest BCUT2D eigenvalue weighted by molar-refractivity contribution is 7.85. The summed E-state index contributed by atoms with van der Waals surface area (Å²) in [5, 5.41) is 19.5. The van der Waals surface area contributed by atoms with Gasteiger partial charge < -0.3 is 19.2 Å². The van der Waals surface area contributed by atoms with Crippen molar-refractivity contribution in [2.75, 3.05) is 26.7 Å². The number of fused-ring (bicyclic) bond motifs is 2. The van der Waals surface area contributed by atoms with Gasteiger partial charge in [-0.05, 0) is 44.6 Å². The minimum absolute atomic E-state index is 0.0208. The average Bonchev–Trinajstić information content (AvgIpc) is 3.36. The van der Waals surface area contributed by atoms with Crippen molar-refractivity contribution < 1.29 is 37.3 Å². The van der Waals surface area contributed by atoms with Crippen molar-refractivity contribution in [3.8, 4) is 11.5 Å². The van der Waals surface area contributed by atoms with E-state index in [1.54, 1.807) is 0 Å². The molecule has 9 heteroatoms. The number of phenolic OH excluding ortho intramolecular Hbond substituents is 2. The second-order valence-corrected chi connectivity index (χ2v) is 23.6. The molecule has 0 saturated carbocycles. The lowest BCUT2D eigenvalue weighted by Crippen LogP contribution is -2.46. The molecular formula is C63H109NO7S. The van der Waals surface area contributed by atoms with E-state index in [0.717, 1.165) is 0 Å². The normalized spacial score (nSPS) is 12.5. The fourth-order valence-corrected chi connectivity index (χ4v) is 11.4. The Morgan fingerprint density at radius 2 is 0.639 bits per heavy atom. The van der Waals surface area contributed by atoms with Crippen molar-refractivity contribution in [1.82, 2.24) is 0 Å². The number of aromatic hydroxyl groups is 2. The van der Waals surface area contributed by atoms with Crippen molar-refractivity contribution >= 4 is 21.7 Å². The smallest absolute Gasteiger partial charge is 0.198 e. The summed E-state index contributed by atoms with van der Waals surface area (Å²) in [6.07, 6.45) is 61.7. The van der Waals surface area contributed by atoms with E-state index in [1.807, 2.05) is 0 Å². The van der Waals surface area contributed by atoms with Gasteiger partial charge >= 0.3 is 0 Å². The van der Waals surface area contributed by atoms with Crippen LogP contribution in [0.3, 0.4) is 0 Å². The highest BCUT2D eigenvalue weighted by Gasteiger charge is 2.35. The number of ketones is 2. The molecule has 414 valence electrons. The van der Waals surface area contributed by atoms with Crippen LogP contribution in [0.5, 0.6) is 11.5 Å². The number of quaternary nitrogens is 1. The maximum absolute atomic E-state index is 12.4. The van der Waals surface area contributed by atoms with E-state index in [1.165, 1.54) is 318 Å². The molecule has 0 fully saturated rings. The number of hydrogen-bond donors (Lipinski definition) is 2. The van der Waals surface area contributed by atoms with Gasteiger partial charge in [0.05, 0.1) is 32.2 Å². The van der Waals surface area contributed by atoms with Crippen molar-refractivity contribution in [3.63, 3.8) is 0 Å². The minimum Gasteiger partial charge on any atom is -0.744 e. The second-order valence-electron chi connectivity index (χ2n) is 22.2. The Balaban J connectivity index is 0.000000659. The van der Waals surface area contributed by atoms with Crippen LogP contribution in [0.15, 0.2) is 35.2 Å². The molecule has 3 rings (SSSR count). The zero-order chi connectivity index (χ0) is 52.6. The molecule has 72 heavy (non-hydrogen) atoms. The van der Waals surface area contributed by atoms with Crippen molar-refractivity contribution in [2.45, 2.75) is 295 Å². The number of phenols is 2. The van der Waals surface area contributed by atoms with E-state index >= 15 is 0 Å². The quantitative estimate of drug-likeness (QED) is 0.0249. The molecule has 1 aliphatic carbocycles. The Bertz CT molecular complexity index is 1730. The number of carbonyl (C=O) groups is 2. The minimum atomic E-state index is -5.13. The molecule has 0 spiro atoms. The van der Waals surface area contributed by atoms with Crippen LogP contribution < -0.4 is 0 Å². The molecular weight excluding hydrogens is 915 g/mol. The van der Waals surface area contributed by atoms with Crippen LogP contribution in [-0.4, -0.2) is 65.9 Å². The maximum atomic E-state index is 12.4. The van der Waals surface area contributed by atoms with E-state index in [-0.39, 0.29) is 11.1 Å². The molecule has 2 aromatic rings. The number of nitrogens with zero attached hydrogens (tertiary/aromatic N) is 1. The molecule has 0 unspecified atom stereocenters. The monoisotopic (exact) mass is 1020 g/mol. The predicted octanol–water partition coefficient (Wildman–Crippen LogP) is 18.7. The lowest BCUT2D eigenvalue weighted by Gasteiger charge is -2.35. The summed E-state index contributed by atoms with van der Waals surface area (Å²) >= 11 is 0. The molecule has 0 bridgehead atoms. The van der Waals surface area contributed by atoms with Crippen molar-refractivity contribution in [2.24, 2.45) is 0 Å². The molecule has 0 atom stereocenters. The topological polar surface area (TPSA) is 132 Å². The summed E-state index contributed by atoms with van der Waals surface area (Å²) in [6, 6.07) is 6.38. The van der Waals surface area contributed by atoms with E-state index in [0.29, 0.717) is 6.07 Å². The van der Waals surface area contributed by atoms with Crippen molar-refractivity contribution in [1.29, 1.82) is 0 Å². The van der Waals surface area contributed by atoms with E-state index in [4.69, 9.17) is 0 Å². The molecule has 0 amide bonds. The highest BCUT2D eigenvalue weighted by Crippen LogP contribution is 2.42. The molecule has 0 heterocycles. The molecule has 0 radical (unpaired) electrons. The van der Waals surface area contributed by atoms with Gasteiger partial charge in [-0.3, -0.25) is 9.59 Å². The third-order valence-corrected chi connectivity index (χ3v) is 16.4. The maximum Gasteiger partial charge on any atom is 0.198 e. The van der Waals surface area contributed by atoms with Crippen LogP contribution in [0, 0.1) is 0 Å². The van der Waals surface area contributed by atoms with Crippen LogP contribution in [0.1, 0.15) is 322 Å². The number of benzene rings is 2. The fourth-order valence-electron chi connectivity index (χ4n) is 10.8. The third kappa shape index (κ3) is 28.8. The zero-order valence-electron chi connectivity index (χ0n) is 47.0. The summed E-state index contributed by atoms with van der Waals surface area (Å²) in [5.74, 6) is -3.80. The first-order chi connectivity index (χ1) is 34.9. The van der Waals surface area contributed by atoms with E-state index in [2.05, 4.69) is 27.8 Å². The summed E-state index contributed by atoms with van der Waals surface area (Å²) in [5.41, 5.74) is -0.909. The van der Waals surface area contributed by atoms with E-state index in [9.17, 15) is 32.8 Å². The Labute approximate surface area is 443 Å². The molecule has 2 aromatic carbocycles. The fraction of sp³-hybridized carbons (Fsp3) is 0.778. The first kappa shape index (κ1) is 65.4. The summed E-state index contributed by atoms with van der Waals surface area (Å²) < 4.78 is 34.7. The van der Waals surface area contributed by atoms with Gasteiger partial charge in [0.15, 0.2) is 23.1 Å². The summed E-state index contributed by atoms with van der Waals surface area (Å²) in [7, 11) is -2.50. The number of unbranched alkanes of at least 4 members (excludes halogenated alkanes) is 39. The van der Waals surface area contributed by atoms with Crippen LogP contribution in [0.25, 0.3) is 0 Å². The lowest BCUT2D eigenvalue weighted by molar-refractivity contribution is -0.910. The summed E-state index contributed by atoms with van der Waals surface area (Å²) in [4.78, 5) is 23.5. The van der Waals surface area contributed by atoms with Crippen LogP contribution in [0.2, 0.25) is 0 Å². The SMILES string of the molecule is CCCCCCCCCCCCCCCC[N+](C)(CCCCCCCCCCCCCCCC)CCCCCCCCCCCCCCCC.O=C1c2ccccc2C(=O)c2c1cc(S(=O)(=O)[O-])c(O)c2O. The van der Waals surface area contributed by atoms with Gasteiger partial charge in [0.2, 0.25) is 0 Å². The number of rotatable bonds is 46. The van der Waals surface area contributed by atoms with Gasteiger partial charge in [-0.2, -0.15) is 0 Å². The van der Waals surface area contributed by atoms with Gasteiger partial charge in [-0.25, -0.2) is 8.42 Å². The molecule has 8 nitrogen and oxygen atoms in total. The second kappa shape index (κ2) is 41.5. The van der Waals surface area contributed by atoms with E-state index < -0.39 is 49.2 Å². The zero-order valence-corrected chi connectivity index (χ0v) is 47.8. The molecule has 0 saturated heterocycles. The lowest BCUT2D eigenvalue weighted by atomic mass is 9.83. The van der Waals surface area contributed by atoms with Gasteiger partial charge in [0, 0.05) is 16.7 Å². The number of carbonyl (C=O) groups excluding carboxylic acids is 2. The first-order valence-electron chi connectivity index (χ1n) is 30.5. The molecule has 0 aliphatic heterocycles. The van der Waals surface area contributed by atoms with Gasteiger partial charge in [-0.1, -0.05) is 276 Å². The summed E-state index contributed by atoms with van der Waals surface area (Å²) in [6.45, 7) is 11.3. The first-order valence-corrected chi connectivity index (χ1v) is 31.9. The predicted molar refractivity (Wildman–Crippen MR) is 303 cm³/mol. The Hall–Kier alpha value is -2.75. The highest BCUT2D eigenvalue weighted by atomic mass is 32.2. The molecule has 0 aromatic heterocycles. The van der Waals surface area contributed by atoms with Gasteiger partial charge in [0.25, 0.3) is 0 Å². The van der Waals surface area contributed by atoms with Gasteiger partial charge in [0.1, 0.15) is 15.0 Å². The average molecular weight is 1020 g/mol. The Kier molecular flexibility index (Phi) is 37.7. The van der Waals surface area contributed by atoms with Crippen LogP contribution in [-0.2, 0) is 10.1 Å². The molecule has 2 N–H and O–H groups in total. The molecule has 1 aliphatic rings. The Morgan fingerprint density at radius 1 is 0.389 bits per heavy atom. The van der Waals surface area contributed by atoms with Crippen molar-refractivity contribution in [3.05, 3.63) is 52.6 Å².